The number of anilines is 1. The third-order valence-electron chi connectivity index (χ3n) is 5.34. The largest absolute Gasteiger partial charge is 0.344 e. The van der Waals surface area contributed by atoms with Gasteiger partial charge in [-0.1, -0.05) is 60.2 Å². The number of rotatable bonds is 6. The van der Waals surface area contributed by atoms with Gasteiger partial charge >= 0.3 is 0 Å². The van der Waals surface area contributed by atoms with E-state index in [9.17, 15) is 8.42 Å². The summed E-state index contributed by atoms with van der Waals surface area (Å²) >= 11 is 1.38. The molecule has 0 bridgehead atoms. The fourth-order valence-corrected chi connectivity index (χ4v) is 5.74. The van der Waals surface area contributed by atoms with Gasteiger partial charge in [-0.2, -0.15) is 8.68 Å². The smallest absolute Gasteiger partial charge is 0.236 e. The molecule has 1 aliphatic rings. The fraction of sp³-hybridized carbons (Fsp3) is 0.304. The average molecular weight is 455 g/mol. The van der Waals surface area contributed by atoms with Gasteiger partial charge in [0.15, 0.2) is 0 Å². The van der Waals surface area contributed by atoms with Gasteiger partial charge in [-0.05, 0) is 31.1 Å². The van der Waals surface area contributed by atoms with E-state index in [0.717, 1.165) is 16.5 Å². The number of piperazine rings is 1. The number of hydrogen-bond donors (Lipinski definition) is 0. The molecule has 1 fully saturated rings. The molecule has 2 heterocycles. The minimum atomic E-state index is -3.48. The molecule has 2 aromatic carbocycles. The highest BCUT2D eigenvalue weighted by molar-refractivity contribution is 7.92. The van der Waals surface area contributed by atoms with E-state index in [2.05, 4.69) is 40.5 Å². The lowest BCUT2D eigenvalue weighted by molar-refractivity contribution is 0.310. The zero-order chi connectivity index (χ0) is 21.8. The molecule has 4 rings (SSSR count). The standard InChI is InChI=1S/C23H26N4O2S2/c1-18-8-10-21(11-9-18)16-22-24-23(30-25-22)26-13-14-27(19(2)17-26)31(28,29)15-12-20-6-4-3-5-7-20/h3-12,15,19H,13-14,16-17H2,1-2H3. The van der Waals surface area contributed by atoms with Crippen LogP contribution in [0.5, 0.6) is 0 Å². The topological polar surface area (TPSA) is 66.4 Å². The van der Waals surface area contributed by atoms with E-state index in [0.29, 0.717) is 26.1 Å². The molecule has 0 spiro atoms. The van der Waals surface area contributed by atoms with E-state index in [1.165, 1.54) is 28.1 Å². The van der Waals surface area contributed by atoms with Crippen molar-refractivity contribution in [2.24, 2.45) is 0 Å². The number of sulfonamides is 1. The van der Waals surface area contributed by atoms with Crippen molar-refractivity contribution >= 4 is 32.8 Å². The molecule has 1 unspecified atom stereocenters. The molecule has 1 aromatic heterocycles. The maximum atomic E-state index is 12.8. The monoisotopic (exact) mass is 454 g/mol. The summed E-state index contributed by atoms with van der Waals surface area (Å²) in [5.41, 5.74) is 3.29. The minimum absolute atomic E-state index is 0.149. The first-order chi connectivity index (χ1) is 14.9. The van der Waals surface area contributed by atoms with Crippen molar-refractivity contribution in [3.05, 3.63) is 82.5 Å². The van der Waals surface area contributed by atoms with Crippen molar-refractivity contribution in [2.45, 2.75) is 26.3 Å². The summed E-state index contributed by atoms with van der Waals surface area (Å²) in [6, 6.07) is 17.7. The van der Waals surface area contributed by atoms with Crippen LogP contribution in [0.2, 0.25) is 0 Å². The highest BCUT2D eigenvalue weighted by Gasteiger charge is 2.32. The van der Waals surface area contributed by atoms with E-state index in [-0.39, 0.29) is 6.04 Å². The van der Waals surface area contributed by atoms with Gasteiger partial charge in [0, 0.05) is 49.0 Å². The van der Waals surface area contributed by atoms with E-state index in [1.807, 2.05) is 37.3 Å². The lowest BCUT2D eigenvalue weighted by atomic mass is 10.1. The van der Waals surface area contributed by atoms with Crippen LogP contribution >= 0.6 is 11.5 Å². The van der Waals surface area contributed by atoms with Crippen molar-refractivity contribution in [2.75, 3.05) is 24.5 Å². The van der Waals surface area contributed by atoms with E-state index >= 15 is 0 Å². The zero-order valence-electron chi connectivity index (χ0n) is 17.7. The first-order valence-electron chi connectivity index (χ1n) is 10.3. The van der Waals surface area contributed by atoms with Crippen molar-refractivity contribution in [1.29, 1.82) is 0 Å². The minimum Gasteiger partial charge on any atom is -0.344 e. The number of hydrogen-bond acceptors (Lipinski definition) is 6. The number of aromatic nitrogens is 2. The number of aryl methyl sites for hydroxylation is 1. The molecule has 162 valence electrons. The van der Waals surface area contributed by atoms with Crippen LogP contribution in [0.1, 0.15) is 29.4 Å². The Kier molecular flexibility index (Phi) is 6.50. The molecule has 1 saturated heterocycles. The summed E-state index contributed by atoms with van der Waals surface area (Å²) in [7, 11) is -3.48. The Hall–Kier alpha value is -2.55. The van der Waals surface area contributed by atoms with Crippen molar-refractivity contribution in [1.82, 2.24) is 13.7 Å². The van der Waals surface area contributed by atoms with Crippen molar-refractivity contribution in [3.8, 4) is 0 Å². The molecule has 3 aromatic rings. The Bertz CT molecular complexity index is 1140. The summed E-state index contributed by atoms with van der Waals surface area (Å²) < 4.78 is 31.8. The van der Waals surface area contributed by atoms with E-state index < -0.39 is 10.0 Å². The Morgan fingerprint density at radius 1 is 1.10 bits per heavy atom. The third kappa shape index (κ3) is 5.39. The molecule has 0 amide bonds. The Morgan fingerprint density at radius 3 is 2.55 bits per heavy atom. The zero-order valence-corrected chi connectivity index (χ0v) is 19.3. The second kappa shape index (κ2) is 9.30. The van der Waals surface area contributed by atoms with Crippen LogP contribution in [0.15, 0.2) is 60.0 Å². The normalized spacial score (nSPS) is 18.0. The molecule has 6 nitrogen and oxygen atoms in total. The van der Waals surface area contributed by atoms with Gasteiger partial charge in [0.05, 0.1) is 0 Å². The van der Waals surface area contributed by atoms with Gasteiger partial charge in [0.1, 0.15) is 5.82 Å². The van der Waals surface area contributed by atoms with Crippen LogP contribution in [-0.2, 0) is 16.4 Å². The molecule has 1 atom stereocenters. The van der Waals surface area contributed by atoms with Crippen LogP contribution in [-0.4, -0.2) is 47.8 Å². The van der Waals surface area contributed by atoms with E-state index in [4.69, 9.17) is 4.98 Å². The molecule has 0 N–H and O–H groups in total. The highest BCUT2D eigenvalue weighted by atomic mass is 32.2. The van der Waals surface area contributed by atoms with Crippen LogP contribution in [0.25, 0.3) is 6.08 Å². The fourth-order valence-electron chi connectivity index (χ4n) is 3.63. The molecule has 0 radical (unpaired) electrons. The molecule has 0 aliphatic carbocycles. The predicted octanol–water partition coefficient (Wildman–Crippen LogP) is 3.95. The lowest BCUT2D eigenvalue weighted by Crippen LogP contribution is -2.53. The molecular weight excluding hydrogens is 428 g/mol. The van der Waals surface area contributed by atoms with Gasteiger partial charge in [-0.3, -0.25) is 0 Å². The van der Waals surface area contributed by atoms with Crippen LogP contribution in [0, 0.1) is 6.92 Å². The Balaban J connectivity index is 1.39. The molecule has 0 saturated carbocycles. The summed E-state index contributed by atoms with van der Waals surface area (Å²) in [6.45, 7) is 5.63. The number of benzene rings is 2. The maximum absolute atomic E-state index is 12.8. The van der Waals surface area contributed by atoms with Gasteiger partial charge < -0.3 is 4.90 Å². The van der Waals surface area contributed by atoms with Crippen molar-refractivity contribution in [3.63, 3.8) is 0 Å². The molecule has 1 aliphatic heterocycles. The average Bonchev–Trinajstić information content (AvgIpc) is 3.23. The number of nitrogens with zero attached hydrogens (tertiary/aromatic N) is 4. The van der Waals surface area contributed by atoms with Crippen LogP contribution in [0.4, 0.5) is 5.13 Å². The molecule has 8 heteroatoms. The maximum Gasteiger partial charge on any atom is 0.236 e. The van der Waals surface area contributed by atoms with Gasteiger partial charge in [-0.15, -0.1) is 0 Å². The second-order valence-corrected chi connectivity index (χ2v) is 10.3. The second-order valence-electron chi connectivity index (χ2n) is 7.82. The summed E-state index contributed by atoms with van der Waals surface area (Å²) in [6.07, 6.45) is 2.35. The Morgan fingerprint density at radius 2 is 1.84 bits per heavy atom. The van der Waals surface area contributed by atoms with Gasteiger partial charge in [0.2, 0.25) is 15.2 Å². The summed E-state index contributed by atoms with van der Waals surface area (Å²) in [5, 5.41) is 2.16. The van der Waals surface area contributed by atoms with Crippen LogP contribution in [0.3, 0.4) is 0 Å². The molecular formula is C23H26N4O2S2. The summed E-state index contributed by atoms with van der Waals surface area (Å²) in [4.78, 5) is 6.83. The SMILES string of the molecule is Cc1ccc(Cc2nsc(N3CCN(S(=O)(=O)C=Cc4ccccc4)C(C)C3)n2)cc1. The van der Waals surface area contributed by atoms with Gasteiger partial charge in [-0.25, -0.2) is 13.4 Å². The van der Waals surface area contributed by atoms with Crippen LogP contribution < -0.4 is 4.90 Å². The van der Waals surface area contributed by atoms with Crippen molar-refractivity contribution < 1.29 is 8.42 Å². The first-order valence-corrected chi connectivity index (χ1v) is 12.6. The molecule has 31 heavy (non-hydrogen) atoms. The van der Waals surface area contributed by atoms with E-state index in [1.54, 1.807) is 10.4 Å². The summed E-state index contributed by atoms with van der Waals surface area (Å²) in [5.74, 6) is 0.803. The predicted molar refractivity (Wildman–Crippen MR) is 127 cm³/mol. The Labute approximate surface area is 188 Å². The van der Waals surface area contributed by atoms with Gasteiger partial charge in [0.25, 0.3) is 0 Å². The first kappa shape index (κ1) is 21.7. The highest BCUT2D eigenvalue weighted by Crippen LogP contribution is 2.24. The lowest BCUT2D eigenvalue weighted by Gasteiger charge is -2.38. The third-order valence-corrected chi connectivity index (χ3v) is 7.83. The quantitative estimate of drug-likeness (QED) is 0.564.